The molecule has 2 saturated heterocycles. The van der Waals surface area contributed by atoms with Crippen LogP contribution >= 0.6 is 12.4 Å². The van der Waals surface area contributed by atoms with Crippen molar-refractivity contribution < 1.29 is 8.78 Å². The number of fused-ring (bicyclic) bond motifs is 2. The Morgan fingerprint density at radius 1 is 1.20 bits per heavy atom. The zero-order valence-corrected chi connectivity index (χ0v) is 12.4. The second-order valence-corrected chi connectivity index (χ2v) is 5.89. The monoisotopic (exact) mass is 302 g/mol. The third-order valence-corrected chi connectivity index (χ3v) is 4.52. The molecule has 2 fully saturated rings. The van der Waals surface area contributed by atoms with Crippen LogP contribution in [0.5, 0.6) is 0 Å². The molecule has 0 radical (unpaired) electrons. The molecule has 2 aliphatic rings. The number of nitrogens with one attached hydrogen (secondary N) is 1. The SMILES string of the molecule is CN(Cc1cccc(F)c1F)C1CC2CCC(C1)N2.Cl. The molecule has 2 aliphatic heterocycles. The summed E-state index contributed by atoms with van der Waals surface area (Å²) in [6.07, 6.45) is 4.74. The molecule has 2 nitrogen and oxygen atoms in total. The predicted molar refractivity (Wildman–Crippen MR) is 78.0 cm³/mol. The number of rotatable bonds is 3. The summed E-state index contributed by atoms with van der Waals surface area (Å²) in [5.74, 6) is -1.46. The minimum Gasteiger partial charge on any atom is -0.311 e. The molecule has 2 bridgehead atoms. The van der Waals surface area contributed by atoms with E-state index >= 15 is 0 Å². The van der Waals surface area contributed by atoms with Gasteiger partial charge in [-0.05, 0) is 38.8 Å². The predicted octanol–water partition coefficient (Wildman–Crippen LogP) is 3.10. The lowest BCUT2D eigenvalue weighted by Gasteiger charge is -2.35. The van der Waals surface area contributed by atoms with Crippen molar-refractivity contribution in [1.82, 2.24) is 10.2 Å². The quantitative estimate of drug-likeness (QED) is 0.923. The van der Waals surface area contributed by atoms with Gasteiger partial charge in [0.25, 0.3) is 0 Å². The number of hydrogen-bond donors (Lipinski definition) is 1. The highest BCUT2D eigenvalue weighted by molar-refractivity contribution is 5.85. The van der Waals surface area contributed by atoms with Crippen molar-refractivity contribution in [2.24, 2.45) is 0 Å². The van der Waals surface area contributed by atoms with E-state index in [1.807, 2.05) is 7.05 Å². The van der Waals surface area contributed by atoms with E-state index in [0.717, 1.165) is 12.8 Å². The van der Waals surface area contributed by atoms with Gasteiger partial charge in [0.05, 0.1) is 0 Å². The maximum Gasteiger partial charge on any atom is 0.163 e. The highest BCUT2D eigenvalue weighted by Gasteiger charge is 2.35. The van der Waals surface area contributed by atoms with Gasteiger partial charge in [0, 0.05) is 30.2 Å². The molecule has 0 aromatic heterocycles. The van der Waals surface area contributed by atoms with E-state index in [0.29, 0.717) is 30.2 Å². The average Bonchev–Trinajstić information content (AvgIpc) is 2.73. The first-order chi connectivity index (χ1) is 9.13. The summed E-state index contributed by atoms with van der Waals surface area (Å²) in [6.45, 7) is 0.480. The van der Waals surface area contributed by atoms with E-state index in [2.05, 4.69) is 10.2 Å². The largest absolute Gasteiger partial charge is 0.311 e. The average molecular weight is 303 g/mol. The normalized spacial score (nSPS) is 28.5. The van der Waals surface area contributed by atoms with Crippen LogP contribution in [0.1, 0.15) is 31.2 Å². The summed E-state index contributed by atoms with van der Waals surface area (Å²) in [5, 5.41) is 3.60. The number of halogens is 3. The van der Waals surface area contributed by atoms with Gasteiger partial charge < -0.3 is 5.32 Å². The van der Waals surface area contributed by atoms with Crippen LogP contribution in [0.4, 0.5) is 8.78 Å². The van der Waals surface area contributed by atoms with Gasteiger partial charge >= 0.3 is 0 Å². The summed E-state index contributed by atoms with van der Waals surface area (Å²) >= 11 is 0. The molecule has 112 valence electrons. The highest BCUT2D eigenvalue weighted by atomic mass is 35.5. The standard InChI is InChI=1S/C15H20F2N2.ClH/c1-19(9-10-3-2-4-14(16)15(10)17)13-7-11-5-6-12(8-13)18-11;/h2-4,11-13,18H,5-9H2,1H3;1H. The van der Waals surface area contributed by atoms with Crippen molar-refractivity contribution in [3.63, 3.8) is 0 Å². The minimum absolute atomic E-state index is 0. The Morgan fingerprint density at radius 3 is 2.50 bits per heavy atom. The zero-order valence-electron chi connectivity index (χ0n) is 11.6. The van der Waals surface area contributed by atoms with Crippen LogP contribution in [-0.2, 0) is 6.54 Å². The van der Waals surface area contributed by atoms with Gasteiger partial charge in [-0.3, -0.25) is 4.90 Å². The molecule has 1 aromatic carbocycles. The fourth-order valence-corrected chi connectivity index (χ4v) is 3.46. The lowest BCUT2D eigenvalue weighted by molar-refractivity contribution is 0.164. The van der Waals surface area contributed by atoms with E-state index in [4.69, 9.17) is 0 Å². The van der Waals surface area contributed by atoms with Gasteiger partial charge in [-0.25, -0.2) is 8.78 Å². The lowest BCUT2D eigenvalue weighted by Crippen LogP contribution is -2.46. The molecule has 20 heavy (non-hydrogen) atoms. The van der Waals surface area contributed by atoms with Crippen LogP contribution in [0.15, 0.2) is 18.2 Å². The smallest absolute Gasteiger partial charge is 0.163 e. The van der Waals surface area contributed by atoms with Crippen molar-refractivity contribution in [3.8, 4) is 0 Å². The summed E-state index contributed by atoms with van der Waals surface area (Å²) in [6, 6.07) is 6.12. The topological polar surface area (TPSA) is 15.3 Å². The van der Waals surface area contributed by atoms with E-state index in [1.54, 1.807) is 12.1 Å². The Kier molecular flexibility index (Phi) is 4.99. The third kappa shape index (κ3) is 3.13. The Balaban J connectivity index is 0.00000147. The van der Waals surface area contributed by atoms with E-state index < -0.39 is 11.6 Å². The molecule has 2 heterocycles. The van der Waals surface area contributed by atoms with Crippen LogP contribution in [0, 0.1) is 11.6 Å². The Hall–Kier alpha value is -0.710. The third-order valence-electron chi connectivity index (χ3n) is 4.52. The molecule has 1 aromatic rings. The first-order valence-corrected chi connectivity index (χ1v) is 7.02. The Bertz CT molecular complexity index is 457. The summed E-state index contributed by atoms with van der Waals surface area (Å²) in [5.41, 5.74) is 0.452. The highest BCUT2D eigenvalue weighted by Crippen LogP contribution is 2.30. The van der Waals surface area contributed by atoms with Crippen molar-refractivity contribution in [2.75, 3.05) is 7.05 Å². The second kappa shape index (κ2) is 6.37. The maximum absolute atomic E-state index is 13.7. The van der Waals surface area contributed by atoms with Gasteiger partial charge in [-0.1, -0.05) is 12.1 Å². The fraction of sp³-hybridized carbons (Fsp3) is 0.600. The van der Waals surface area contributed by atoms with E-state index in [-0.39, 0.29) is 12.4 Å². The molecule has 5 heteroatoms. The van der Waals surface area contributed by atoms with Crippen molar-refractivity contribution in [3.05, 3.63) is 35.4 Å². The Morgan fingerprint density at radius 2 is 1.85 bits per heavy atom. The van der Waals surface area contributed by atoms with E-state index in [9.17, 15) is 8.78 Å². The number of nitrogens with zero attached hydrogens (tertiary/aromatic N) is 1. The second-order valence-electron chi connectivity index (χ2n) is 5.89. The van der Waals surface area contributed by atoms with Crippen LogP contribution in [0.3, 0.4) is 0 Å². The van der Waals surface area contributed by atoms with Crippen molar-refractivity contribution in [1.29, 1.82) is 0 Å². The molecule has 0 amide bonds. The summed E-state index contributed by atoms with van der Waals surface area (Å²) in [7, 11) is 2.01. The van der Waals surface area contributed by atoms with Crippen molar-refractivity contribution >= 4 is 12.4 Å². The minimum atomic E-state index is -0.753. The Labute approximate surface area is 124 Å². The molecule has 0 saturated carbocycles. The van der Waals surface area contributed by atoms with Gasteiger partial charge in [0.2, 0.25) is 0 Å². The van der Waals surface area contributed by atoms with Crippen LogP contribution in [0.25, 0.3) is 0 Å². The van der Waals surface area contributed by atoms with Gasteiger partial charge in [0.1, 0.15) is 0 Å². The lowest BCUT2D eigenvalue weighted by atomic mass is 9.98. The molecule has 0 spiro atoms. The van der Waals surface area contributed by atoms with Gasteiger partial charge in [-0.15, -0.1) is 12.4 Å². The fourth-order valence-electron chi connectivity index (χ4n) is 3.46. The zero-order chi connectivity index (χ0) is 13.4. The van der Waals surface area contributed by atoms with Crippen molar-refractivity contribution in [2.45, 2.75) is 50.4 Å². The first-order valence-electron chi connectivity index (χ1n) is 7.02. The molecule has 2 atom stereocenters. The molecular formula is C15H21ClF2N2. The first kappa shape index (κ1) is 15.7. The molecule has 0 aliphatic carbocycles. The maximum atomic E-state index is 13.7. The van der Waals surface area contributed by atoms with Gasteiger partial charge in [0.15, 0.2) is 11.6 Å². The molecule has 2 unspecified atom stereocenters. The summed E-state index contributed by atoms with van der Waals surface area (Å²) < 4.78 is 26.9. The molecule has 1 N–H and O–H groups in total. The van der Waals surface area contributed by atoms with Crippen LogP contribution in [-0.4, -0.2) is 30.1 Å². The van der Waals surface area contributed by atoms with E-state index in [1.165, 1.54) is 18.9 Å². The number of benzene rings is 1. The molecular weight excluding hydrogens is 282 g/mol. The summed E-state index contributed by atoms with van der Waals surface area (Å²) in [4.78, 5) is 2.17. The van der Waals surface area contributed by atoms with Crippen LogP contribution in [0.2, 0.25) is 0 Å². The number of hydrogen-bond acceptors (Lipinski definition) is 2. The van der Waals surface area contributed by atoms with Crippen LogP contribution < -0.4 is 5.32 Å². The number of piperidine rings is 1. The van der Waals surface area contributed by atoms with Gasteiger partial charge in [-0.2, -0.15) is 0 Å². The molecule has 3 rings (SSSR count).